The zero-order valence-electron chi connectivity index (χ0n) is 18.0. The summed E-state index contributed by atoms with van der Waals surface area (Å²) in [6, 6.07) is 12.9. The Hall–Kier alpha value is -3.50. The maximum absolute atomic E-state index is 13.4. The highest BCUT2D eigenvalue weighted by atomic mass is 35.5. The van der Waals surface area contributed by atoms with Gasteiger partial charge < -0.3 is 0 Å². The lowest BCUT2D eigenvalue weighted by molar-refractivity contribution is -0.137. The summed E-state index contributed by atoms with van der Waals surface area (Å²) < 4.78 is 67.4. The first-order chi connectivity index (χ1) is 16.4. The molecule has 0 aliphatic heterocycles. The van der Waals surface area contributed by atoms with Crippen LogP contribution in [0.15, 0.2) is 71.8 Å². The normalized spacial score (nSPS) is 12.1. The number of carbonyl (C=O) groups excluding carboxylic acids is 2. The minimum absolute atomic E-state index is 0.124. The lowest BCUT2D eigenvalue weighted by Gasteiger charge is -2.13. The third-order valence-corrected chi connectivity index (χ3v) is 7.24. The van der Waals surface area contributed by atoms with Gasteiger partial charge in [0, 0.05) is 22.9 Å². The van der Waals surface area contributed by atoms with Crippen molar-refractivity contribution in [1.29, 1.82) is 0 Å². The molecule has 1 aromatic heterocycles. The molecule has 1 heterocycles. The second-order valence-corrected chi connectivity index (χ2v) is 9.90. The largest absolute Gasteiger partial charge is 0.417 e. The number of rotatable bonds is 6. The molecule has 6 nitrogen and oxygen atoms in total. The van der Waals surface area contributed by atoms with Crippen LogP contribution in [-0.4, -0.2) is 29.2 Å². The number of hydrogen-bond acceptors (Lipinski definition) is 5. The second kappa shape index (κ2) is 8.94. The number of ketones is 2. The lowest BCUT2D eigenvalue weighted by Crippen LogP contribution is -2.16. The van der Waals surface area contributed by atoms with E-state index in [1.807, 2.05) is 0 Å². The maximum atomic E-state index is 13.4. The number of nitrogens with zero attached hydrogens (tertiary/aromatic N) is 2. The topological polar surface area (TPSA) is 86.1 Å². The Labute approximate surface area is 203 Å². The summed E-state index contributed by atoms with van der Waals surface area (Å²) in [5, 5.41) is 4.05. The molecule has 0 amide bonds. The SMILES string of the molecule is CC(=O)c1cccc(S(=O)(=O)n2ncc3ccc(CC(=O)c4c(Cl)cccc4C(F)(F)F)cc32)c1. The predicted octanol–water partition coefficient (Wildman–Crippen LogP) is 5.57. The molecule has 0 saturated heterocycles. The van der Waals surface area contributed by atoms with Crippen LogP contribution in [0.5, 0.6) is 0 Å². The van der Waals surface area contributed by atoms with Gasteiger partial charge in [-0.15, -0.1) is 0 Å². The van der Waals surface area contributed by atoms with E-state index in [1.165, 1.54) is 61.7 Å². The molecule has 35 heavy (non-hydrogen) atoms. The maximum Gasteiger partial charge on any atom is 0.417 e. The highest BCUT2D eigenvalue weighted by Gasteiger charge is 2.36. The van der Waals surface area contributed by atoms with Gasteiger partial charge in [0.2, 0.25) is 0 Å². The predicted molar refractivity (Wildman–Crippen MR) is 123 cm³/mol. The zero-order valence-corrected chi connectivity index (χ0v) is 19.6. The molecule has 11 heteroatoms. The number of carbonyl (C=O) groups is 2. The smallest absolute Gasteiger partial charge is 0.295 e. The van der Waals surface area contributed by atoms with Crippen molar-refractivity contribution in [2.24, 2.45) is 0 Å². The van der Waals surface area contributed by atoms with Gasteiger partial charge in [-0.2, -0.15) is 30.8 Å². The Morgan fingerprint density at radius 3 is 2.43 bits per heavy atom. The highest BCUT2D eigenvalue weighted by molar-refractivity contribution is 7.90. The fourth-order valence-electron chi connectivity index (χ4n) is 3.64. The molecule has 180 valence electrons. The highest BCUT2D eigenvalue weighted by Crippen LogP contribution is 2.35. The summed E-state index contributed by atoms with van der Waals surface area (Å²) >= 11 is 5.92. The van der Waals surface area contributed by atoms with Crippen molar-refractivity contribution in [3.8, 4) is 0 Å². The molecule has 4 aromatic rings. The molecular formula is C24H16ClF3N2O4S. The number of alkyl halides is 3. The first-order valence-electron chi connectivity index (χ1n) is 10.1. The molecule has 0 aliphatic rings. The van der Waals surface area contributed by atoms with E-state index in [-0.39, 0.29) is 32.3 Å². The van der Waals surface area contributed by atoms with Gasteiger partial charge in [0.15, 0.2) is 11.6 Å². The average Bonchev–Trinajstić information content (AvgIpc) is 3.22. The molecular weight excluding hydrogens is 505 g/mol. The molecule has 0 saturated carbocycles. The first kappa shape index (κ1) is 24.6. The molecule has 0 aliphatic carbocycles. The first-order valence-corrected chi connectivity index (χ1v) is 11.9. The monoisotopic (exact) mass is 520 g/mol. The van der Waals surface area contributed by atoms with Gasteiger partial charge >= 0.3 is 6.18 Å². The minimum atomic E-state index is -4.78. The number of hydrogen-bond donors (Lipinski definition) is 0. The number of halogens is 4. The number of benzene rings is 3. The molecule has 0 fully saturated rings. The summed E-state index contributed by atoms with van der Waals surface area (Å²) in [5.74, 6) is -1.18. The van der Waals surface area contributed by atoms with Gasteiger partial charge in [0.1, 0.15) is 0 Å². The molecule has 0 bridgehead atoms. The van der Waals surface area contributed by atoms with Crippen LogP contribution in [0.4, 0.5) is 13.2 Å². The van der Waals surface area contributed by atoms with Crippen LogP contribution in [-0.2, 0) is 22.6 Å². The molecule has 0 atom stereocenters. The molecule has 0 unspecified atom stereocenters. The molecule has 0 N–H and O–H groups in total. The average molecular weight is 521 g/mol. The van der Waals surface area contributed by atoms with E-state index in [9.17, 15) is 31.2 Å². The van der Waals surface area contributed by atoms with E-state index >= 15 is 0 Å². The van der Waals surface area contributed by atoms with Gasteiger partial charge in [-0.3, -0.25) is 9.59 Å². The van der Waals surface area contributed by atoms with Gasteiger partial charge in [-0.05, 0) is 42.8 Å². The van der Waals surface area contributed by atoms with Crippen LogP contribution in [0.1, 0.15) is 38.8 Å². The van der Waals surface area contributed by atoms with Crippen molar-refractivity contribution >= 4 is 44.1 Å². The van der Waals surface area contributed by atoms with Crippen molar-refractivity contribution < 1.29 is 31.2 Å². The van der Waals surface area contributed by atoms with E-state index in [1.54, 1.807) is 0 Å². The number of Topliss-reactive ketones (excluding diaryl/α,β-unsaturated/α-hetero) is 2. The summed E-state index contributed by atoms with van der Waals surface area (Å²) in [4.78, 5) is 24.3. The minimum Gasteiger partial charge on any atom is -0.295 e. The third kappa shape index (κ3) is 4.71. The summed E-state index contributed by atoms with van der Waals surface area (Å²) in [5.41, 5.74) is -1.20. The lowest BCUT2D eigenvalue weighted by atomic mass is 9.97. The van der Waals surface area contributed by atoms with E-state index in [4.69, 9.17) is 11.6 Å². The van der Waals surface area contributed by atoms with Crippen molar-refractivity contribution in [1.82, 2.24) is 9.19 Å². The fourth-order valence-corrected chi connectivity index (χ4v) is 5.23. The van der Waals surface area contributed by atoms with Crippen LogP contribution in [0.3, 0.4) is 0 Å². The summed E-state index contributed by atoms with van der Waals surface area (Å²) in [6.07, 6.45) is -3.92. The number of aromatic nitrogens is 2. The second-order valence-electron chi connectivity index (χ2n) is 7.73. The third-order valence-electron chi connectivity index (χ3n) is 5.33. The fraction of sp³-hybridized carbons (Fsp3) is 0.125. The zero-order chi connectivity index (χ0) is 25.5. The Morgan fingerprint density at radius 2 is 1.74 bits per heavy atom. The van der Waals surface area contributed by atoms with E-state index in [0.29, 0.717) is 5.39 Å². The van der Waals surface area contributed by atoms with Crippen molar-refractivity contribution in [2.45, 2.75) is 24.4 Å². The van der Waals surface area contributed by atoms with E-state index in [2.05, 4.69) is 5.10 Å². The van der Waals surface area contributed by atoms with Gasteiger partial charge in [0.25, 0.3) is 10.0 Å². The Bertz CT molecular complexity index is 1590. The van der Waals surface area contributed by atoms with Crippen molar-refractivity contribution in [3.63, 3.8) is 0 Å². The Morgan fingerprint density at radius 1 is 1.03 bits per heavy atom. The van der Waals surface area contributed by atoms with E-state index < -0.39 is 39.5 Å². The van der Waals surface area contributed by atoms with Crippen LogP contribution in [0.25, 0.3) is 10.9 Å². The van der Waals surface area contributed by atoms with Crippen LogP contribution in [0.2, 0.25) is 5.02 Å². The van der Waals surface area contributed by atoms with Gasteiger partial charge in [-0.1, -0.05) is 41.9 Å². The Kier molecular flexibility index (Phi) is 6.29. The van der Waals surface area contributed by atoms with Crippen molar-refractivity contribution in [2.75, 3.05) is 0 Å². The van der Waals surface area contributed by atoms with Crippen molar-refractivity contribution in [3.05, 3.63) is 94.1 Å². The molecule has 0 spiro atoms. The quantitative estimate of drug-likeness (QED) is 0.310. The van der Waals surface area contributed by atoms with Crippen LogP contribution < -0.4 is 0 Å². The molecule has 3 aromatic carbocycles. The van der Waals surface area contributed by atoms with Crippen LogP contribution >= 0.6 is 11.6 Å². The molecule has 4 rings (SSSR count). The molecule has 0 radical (unpaired) electrons. The summed E-state index contributed by atoms with van der Waals surface area (Å²) in [6.45, 7) is 1.31. The van der Waals surface area contributed by atoms with Crippen LogP contribution in [0, 0.1) is 0 Å². The van der Waals surface area contributed by atoms with E-state index in [0.717, 1.165) is 16.2 Å². The van der Waals surface area contributed by atoms with Gasteiger partial charge in [0.05, 0.1) is 27.2 Å². The number of fused-ring (bicyclic) bond motifs is 1. The Balaban J connectivity index is 1.75. The summed E-state index contributed by atoms with van der Waals surface area (Å²) in [7, 11) is -4.21. The standard InChI is InChI=1S/C24H16ClF3N2O4S/c1-14(31)16-4-2-5-18(12-16)35(33,34)30-21-10-15(8-9-17(21)13-29-30)11-22(32)23-19(24(26,27)28)6-3-7-20(23)25/h2-10,12-13H,11H2,1H3. The van der Waals surface area contributed by atoms with Gasteiger partial charge in [-0.25, -0.2) is 0 Å².